The van der Waals surface area contributed by atoms with Crippen LogP contribution in [0.25, 0.3) is 0 Å². The summed E-state index contributed by atoms with van der Waals surface area (Å²) in [6.45, 7) is 1.90. The zero-order valence-electron chi connectivity index (χ0n) is 12.8. The third-order valence-corrected chi connectivity index (χ3v) is 4.72. The Kier molecular flexibility index (Phi) is 6.53. The average molecular weight is 361 g/mol. The van der Waals surface area contributed by atoms with Gasteiger partial charge in [-0.1, -0.05) is 23.7 Å². The number of ether oxygens (including phenoxy) is 2. The van der Waals surface area contributed by atoms with Crippen LogP contribution in [0.2, 0.25) is 5.02 Å². The molecule has 0 saturated carbocycles. The highest BCUT2D eigenvalue weighted by molar-refractivity contribution is 6.32. The number of hydrogen-bond acceptors (Lipinski definition) is 4. The van der Waals surface area contributed by atoms with Crippen molar-refractivity contribution in [2.75, 3.05) is 19.8 Å². The van der Waals surface area contributed by atoms with Crippen molar-refractivity contribution in [3.63, 3.8) is 0 Å². The maximum absolute atomic E-state index is 12.5. The van der Waals surface area contributed by atoms with Gasteiger partial charge in [-0.3, -0.25) is 4.79 Å². The topological polar surface area (TPSA) is 73.6 Å². The van der Waals surface area contributed by atoms with Crippen molar-refractivity contribution in [3.8, 4) is 5.75 Å². The SMILES string of the molecule is Cl.NC(C(=O)NC1CCOc2c(Cl)cccc21)C1CCOCC1. The van der Waals surface area contributed by atoms with Crippen molar-refractivity contribution in [3.05, 3.63) is 28.8 Å². The van der Waals surface area contributed by atoms with Crippen LogP contribution in [0.1, 0.15) is 30.9 Å². The van der Waals surface area contributed by atoms with Crippen LogP contribution in [0.5, 0.6) is 5.75 Å². The number of nitrogens with two attached hydrogens (primary N) is 1. The van der Waals surface area contributed by atoms with Gasteiger partial charge in [0.15, 0.2) is 0 Å². The second-order valence-electron chi connectivity index (χ2n) is 5.83. The number of halogens is 2. The first kappa shape index (κ1) is 18.3. The molecule has 1 aromatic carbocycles. The molecule has 2 aliphatic rings. The van der Waals surface area contributed by atoms with Crippen LogP contribution in [0.4, 0.5) is 0 Å². The van der Waals surface area contributed by atoms with Crippen molar-refractivity contribution < 1.29 is 14.3 Å². The standard InChI is InChI=1S/C16H21ClN2O3.ClH/c17-12-3-1-2-11-13(6-9-22-15(11)12)19-16(20)14(18)10-4-7-21-8-5-10;/h1-3,10,13-14H,4-9,18H2,(H,19,20);1H. The molecule has 0 bridgehead atoms. The summed E-state index contributed by atoms with van der Waals surface area (Å²) in [5.41, 5.74) is 7.06. The second kappa shape index (κ2) is 8.20. The van der Waals surface area contributed by atoms with Gasteiger partial charge in [-0.05, 0) is 24.8 Å². The van der Waals surface area contributed by atoms with E-state index in [4.69, 9.17) is 26.8 Å². The lowest BCUT2D eigenvalue weighted by Crippen LogP contribution is -2.48. The van der Waals surface area contributed by atoms with E-state index in [2.05, 4.69) is 5.32 Å². The molecule has 7 heteroatoms. The molecule has 2 unspecified atom stereocenters. The first-order valence-corrected chi connectivity index (χ1v) is 8.09. The highest BCUT2D eigenvalue weighted by atomic mass is 35.5. The Labute approximate surface area is 147 Å². The van der Waals surface area contributed by atoms with Crippen LogP contribution >= 0.6 is 24.0 Å². The molecule has 3 N–H and O–H groups in total. The number of para-hydroxylation sites is 1. The van der Waals surface area contributed by atoms with Gasteiger partial charge >= 0.3 is 0 Å². The highest BCUT2D eigenvalue weighted by Crippen LogP contribution is 2.37. The van der Waals surface area contributed by atoms with Gasteiger partial charge in [0, 0.05) is 25.2 Å². The lowest BCUT2D eigenvalue weighted by Gasteiger charge is -2.31. The second-order valence-corrected chi connectivity index (χ2v) is 6.24. The molecule has 2 aliphatic heterocycles. The van der Waals surface area contributed by atoms with Crippen LogP contribution in [0.15, 0.2) is 18.2 Å². The molecule has 0 aromatic heterocycles. The maximum atomic E-state index is 12.5. The van der Waals surface area contributed by atoms with Crippen molar-refractivity contribution in [1.29, 1.82) is 0 Å². The molecule has 1 aromatic rings. The Hall–Kier alpha value is -1.01. The molecule has 0 aliphatic carbocycles. The fourth-order valence-electron chi connectivity index (χ4n) is 3.09. The fourth-order valence-corrected chi connectivity index (χ4v) is 3.33. The maximum Gasteiger partial charge on any atom is 0.237 e. The Morgan fingerprint density at radius 3 is 2.74 bits per heavy atom. The third kappa shape index (κ3) is 4.10. The zero-order valence-corrected chi connectivity index (χ0v) is 14.4. The van der Waals surface area contributed by atoms with Crippen molar-refractivity contribution >= 4 is 29.9 Å². The molecule has 23 heavy (non-hydrogen) atoms. The summed E-state index contributed by atoms with van der Waals surface area (Å²) in [6, 6.07) is 5.01. The summed E-state index contributed by atoms with van der Waals surface area (Å²) >= 11 is 6.15. The van der Waals surface area contributed by atoms with E-state index in [1.165, 1.54) is 0 Å². The van der Waals surface area contributed by atoms with Gasteiger partial charge in [0.1, 0.15) is 5.75 Å². The third-order valence-electron chi connectivity index (χ3n) is 4.42. The summed E-state index contributed by atoms with van der Waals surface area (Å²) in [4.78, 5) is 12.5. The van der Waals surface area contributed by atoms with Crippen LogP contribution in [-0.2, 0) is 9.53 Å². The smallest absolute Gasteiger partial charge is 0.237 e. The van der Waals surface area contributed by atoms with Crippen molar-refractivity contribution in [1.82, 2.24) is 5.32 Å². The van der Waals surface area contributed by atoms with Gasteiger partial charge in [0.25, 0.3) is 0 Å². The zero-order chi connectivity index (χ0) is 15.5. The molecular formula is C16H22Cl2N2O3. The van der Waals surface area contributed by atoms with E-state index in [1.807, 2.05) is 12.1 Å². The molecular weight excluding hydrogens is 339 g/mol. The molecule has 2 heterocycles. The summed E-state index contributed by atoms with van der Waals surface area (Å²) in [5.74, 6) is 0.748. The number of fused-ring (bicyclic) bond motifs is 1. The molecule has 5 nitrogen and oxygen atoms in total. The molecule has 0 spiro atoms. The largest absolute Gasteiger partial charge is 0.492 e. The Balaban J connectivity index is 0.00000192. The van der Waals surface area contributed by atoms with Crippen molar-refractivity contribution in [2.45, 2.75) is 31.3 Å². The number of rotatable bonds is 3. The number of carbonyl (C=O) groups is 1. The minimum absolute atomic E-state index is 0. The van der Waals surface area contributed by atoms with Gasteiger partial charge in [-0.25, -0.2) is 0 Å². The minimum Gasteiger partial charge on any atom is -0.492 e. The number of nitrogens with one attached hydrogen (secondary N) is 1. The number of hydrogen-bond donors (Lipinski definition) is 2. The number of benzene rings is 1. The Morgan fingerprint density at radius 2 is 2.00 bits per heavy atom. The van der Waals surface area contributed by atoms with E-state index in [1.54, 1.807) is 6.07 Å². The fraction of sp³-hybridized carbons (Fsp3) is 0.562. The lowest BCUT2D eigenvalue weighted by molar-refractivity contribution is -0.125. The van der Waals surface area contributed by atoms with Crippen LogP contribution in [0, 0.1) is 5.92 Å². The van der Waals surface area contributed by atoms with E-state index in [0.29, 0.717) is 30.6 Å². The Bertz CT molecular complexity index is 550. The monoisotopic (exact) mass is 360 g/mol. The van der Waals surface area contributed by atoms with Crippen LogP contribution in [0.3, 0.4) is 0 Å². The van der Waals surface area contributed by atoms with Gasteiger partial charge in [-0.15, -0.1) is 12.4 Å². The van der Waals surface area contributed by atoms with E-state index in [9.17, 15) is 4.79 Å². The summed E-state index contributed by atoms with van der Waals surface area (Å²) in [5, 5.41) is 3.63. The van der Waals surface area contributed by atoms with E-state index >= 15 is 0 Å². The molecule has 2 atom stereocenters. The summed E-state index contributed by atoms with van der Waals surface area (Å²) in [7, 11) is 0. The number of amides is 1. The average Bonchev–Trinajstić information content (AvgIpc) is 2.56. The molecule has 1 fully saturated rings. The van der Waals surface area contributed by atoms with Crippen molar-refractivity contribution in [2.24, 2.45) is 11.7 Å². The predicted molar refractivity (Wildman–Crippen MR) is 91.2 cm³/mol. The van der Waals surface area contributed by atoms with Gasteiger partial charge < -0.3 is 20.5 Å². The van der Waals surface area contributed by atoms with Gasteiger partial charge in [0.2, 0.25) is 5.91 Å². The van der Waals surface area contributed by atoms with E-state index in [-0.39, 0.29) is 30.3 Å². The highest BCUT2D eigenvalue weighted by Gasteiger charge is 2.30. The van der Waals surface area contributed by atoms with E-state index < -0.39 is 6.04 Å². The van der Waals surface area contributed by atoms with Crippen LogP contribution < -0.4 is 15.8 Å². The van der Waals surface area contributed by atoms with Gasteiger partial charge in [0.05, 0.1) is 23.7 Å². The van der Waals surface area contributed by atoms with Crippen LogP contribution in [-0.4, -0.2) is 31.8 Å². The van der Waals surface area contributed by atoms with Gasteiger partial charge in [-0.2, -0.15) is 0 Å². The Morgan fingerprint density at radius 1 is 1.26 bits per heavy atom. The lowest BCUT2D eigenvalue weighted by atomic mass is 9.91. The van der Waals surface area contributed by atoms with E-state index in [0.717, 1.165) is 24.8 Å². The number of carbonyl (C=O) groups excluding carboxylic acids is 1. The first-order valence-electron chi connectivity index (χ1n) is 7.71. The molecule has 128 valence electrons. The molecule has 0 radical (unpaired) electrons. The minimum atomic E-state index is -0.491. The predicted octanol–water partition coefficient (Wildman–Crippen LogP) is 2.46. The molecule has 1 amide bonds. The summed E-state index contributed by atoms with van der Waals surface area (Å²) in [6.07, 6.45) is 2.40. The summed E-state index contributed by atoms with van der Waals surface area (Å²) < 4.78 is 10.9. The quantitative estimate of drug-likeness (QED) is 0.868. The normalized spacial score (nSPS) is 22.3. The first-order chi connectivity index (χ1) is 10.7. The molecule has 3 rings (SSSR count). The molecule has 1 saturated heterocycles.